The van der Waals surface area contributed by atoms with E-state index in [2.05, 4.69) is 31.9 Å². The number of carbonyl (C=O) groups is 1. The zero-order valence-electron chi connectivity index (χ0n) is 7.93. The molecule has 0 atom stereocenters. The molecule has 1 N–H and O–H groups in total. The van der Waals surface area contributed by atoms with Crippen LogP contribution < -0.4 is 0 Å². The summed E-state index contributed by atoms with van der Waals surface area (Å²) in [5, 5.41) is 9.27. The Bertz CT molecular complexity index is 243. The molecule has 0 heterocycles. The van der Waals surface area contributed by atoms with Gasteiger partial charge in [0.05, 0.1) is 5.41 Å². The Kier molecular flexibility index (Phi) is 4.64. The van der Waals surface area contributed by atoms with Crippen molar-refractivity contribution >= 4 is 37.8 Å². The molecule has 14 heavy (non-hydrogen) atoms. The second kappa shape index (κ2) is 5.31. The van der Waals surface area contributed by atoms with Crippen molar-refractivity contribution in [2.24, 2.45) is 5.41 Å². The number of allylic oxidation sites excluding steroid dienone is 1. The van der Waals surface area contributed by atoms with Crippen LogP contribution in [0.15, 0.2) is 9.47 Å². The van der Waals surface area contributed by atoms with Crippen molar-refractivity contribution in [3.63, 3.8) is 0 Å². The monoisotopic (exact) mass is 324 g/mol. The maximum Gasteiger partial charge on any atom is 0.309 e. The molecule has 0 aromatic carbocycles. The molecule has 0 bridgehead atoms. The Morgan fingerprint density at radius 2 is 1.93 bits per heavy atom. The van der Waals surface area contributed by atoms with Crippen molar-refractivity contribution in [1.29, 1.82) is 0 Å². The highest BCUT2D eigenvalue weighted by atomic mass is 79.9. The van der Waals surface area contributed by atoms with Crippen LogP contribution >= 0.6 is 31.9 Å². The smallest absolute Gasteiger partial charge is 0.309 e. The summed E-state index contributed by atoms with van der Waals surface area (Å²) >= 11 is 6.58. The number of carboxylic acid groups (broad SMARTS) is 1. The molecule has 0 aromatic heterocycles. The Labute approximate surface area is 101 Å². The van der Waals surface area contributed by atoms with Gasteiger partial charge in [0.2, 0.25) is 0 Å². The molecule has 0 radical (unpaired) electrons. The average Bonchev–Trinajstić information content (AvgIpc) is 2.19. The van der Waals surface area contributed by atoms with Crippen LogP contribution in [0.4, 0.5) is 0 Å². The Hall–Kier alpha value is 0.170. The third-order valence-electron chi connectivity index (χ3n) is 2.89. The summed E-state index contributed by atoms with van der Waals surface area (Å²) in [6, 6.07) is 0. The second-order valence-electron chi connectivity index (χ2n) is 3.88. The molecular formula is C10H14Br2O2. The number of hydrogen-bond acceptors (Lipinski definition) is 1. The summed E-state index contributed by atoms with van der Waals surface area (Å²) in [5.74, 6) is -0.650. The topological polar surface area (TPSA) is 37.3 Å². The molecule has 0 unspecified atom stereocenters. The predicted molar refractivity (Wildman–Crippen MR) is 63.7 cm³/mol. The van der Waals surface area contributed by atoms with E-state index < -0.39 is 11.4 Å². The molecule has 1 aliphatic rings. The van der Waals surface area contributed by atoms with E-state index in [1.807, 2.05) is 0 Å². The van der Waals surface area contributed by atoms with E-state index in [0.717, 1.165) is 30.2 Å². The van der Waals surface area contributed by atoms with Crippen LogP contribution in [0.5, 0.6) is 0 Å². The number of halogens is 2. The largest absolute Gasteiger partial charge is 0.481 e. The normalized spacial score (nSPS) is 22.0. The van der Waals surface area contributed by atoms with Gasteiger partial charge in [0.1, 0.15) is 0 Å². The first kappa shape index (κ1) is 12.2. The van der Waals surface area contributed by atoms with Crippen LogP contribution in [0.3, 0.4) is 0 Å². The first-order valence-corrected chi connectivity index (χ1v) is 6.50. The summed E-state index contributed by atoms with van der Waals surface area (Å²) in [7, 11) is 0. The highest BCUT2D eigenvalue weighted by Gasteiger charge is 2.39. The standard InChI is InChI=1S/C10H14Br2O2/c11-7-8(12)6-10(9(13)14)4-2-1-3-5-10/h7H,1-6H2,(H,13,14). The number of carboxylic acids is 1. The van der Waals surface area contributed by atoms with E-state index in [1.54, 1.807) is 4.99 Å². The van der Waals surface area contributed by atoms with Crippen molar-refractivity contribution in [2.45, 2.75) is 38.5 Å². The predicted octanol–water partition coefficient (Wildman–Crippen LogP) is 4.04. The molecule has 0 spiro atoms. The quantitative estimate of drug-likeness (QED) is 0.850. The molecule has 0 amide bonds. The summed E-state index contributed by atoms with van der Waals surface area (Å²) in [5.41, 5.74) is -0.526. The molecule has 2 nitrogen and oxygen atoms in total. The third kappa shape index (κ3) is 2.83. The first-order chi connectivity index (χ1) is 6.60. The second-order valence-corrected chi connectivity index (χ2v) is 5.36. The van der Waals surface area contributed by atoms with Crippen molar-refractivity contribution in [3.8, 4) is 0 Å². The molecule has 0 aliphatic heterocycles. The van der Waals surface area contributed by atoms with Crippen molar-refractivity contribution in [1.82, 2.24) is 0 Å². The van der Waals surface area contributed by atoms with Gasteiger partial charge < -0.3 is 5.11 Å². The minimum absolute atomic E-state index is 0.526. The third-order valence-corrected chi connectivity index (χ3v) is 4.57. The van der Waals surface area contributed by atoms with Crippen molar-refractivity contribution in [2.75, 3.05) is 0 Å². The molecule has 1 aliphatic carbocycles. The van der Waals surface area contributed by atoms with Gasteiger partial charge in [0.25, 0.3) is 0 Å². The molecule has 4 heteroatoms. The van der Waals surface area contributed by atoms with Gasteiger partial charge in [-0.05, 0) is 24.2 Å². The van der Waals surface area contributed by atoms with Gasteiger partial charge in [-0.2, -0.15) is 0 Å². The summed E-state index contributed by atoms with van der Waals surface area (Å²) < 4.78 is 0.932. The molecule has 1 fully saturated rings. The van der Waals surface area contributed by atoms with Gasteiger partial charge in [-0.25, -0.2) is 0 Å². The molecule has 80 valence electrons. The lowest BCUT2D eigenvalue weighted by atomic mass is 9.72. The van der Waals surface area contributed by atoms with E-state index in [9.17, 15) is 9.90 Å². The van der Waals surface area contributed by atoms with E-state index in [1.165, 1.54) is 6.42 Å². The fourth-order valence-electron chi connectivity index (χ4n) is 2.06. The Morgan fingerprint density at radius 3 is 2.36 bits per heavy atom. The van der Waals surface area contributed by atoms with E-state index >= 15 is 0 Å². The summed E-state index contributed by atoms with van der Waals surface area (Å²) in [6.45, 7) is 0. The minimum Gasteiger partial charge on any atom is -0.481 e. The Morgan fingerprint density at radius 1 is 1.36 bits per heavy atom. The molecular weight excluding hydrogens is 312 g/mol. The van der Waals surface area contributed by atoms with Gasteiger partial charge in [-0.15, -0.1) is 0 Å². The SMILES string of the molecule is O=C(O)C1(CC(Br)=CBr)CCCCC1. The lowest BCUT2D eigenvalue weighted by Gasteiger charge is -2.32. The first-order valence-electron chi connectivity index (χ1n) is 4.79. The highest BCUT2D eigenvalue weighted by Crippen LogP contribution is 2.42. The van der Waals surface area contributed by atoms with Gasteiger partial charge in [-0.3, -0.25) is 4.79 Å². The maximum absolute atomic E-state index is 11.3. The zero-order valence-corrected chi connectivity index (χ0v) is 11.1. The van der Waals surface area contributed by atoms with E-state index in [0.29, 0.717) is 6.42 Å². The molecule has 0 aromatic rings. The van der Waals surface area contributed by atoms with E-state index in [4.69, 9.17) is 0 Å². The molecule has 0 saturated heterocycles. The molecule has 1 rings (SSSR count). The zero-order chi connectivity index (χ0) is 10.6. The highest BCUT2D eigenvalue weighted by molar-refractivity contribution is 9.14. The van der Waals surface area contributed by atoms with Crippen LogP contribution in [0, 0.1) is 5.41 Å². The van der Waals surface area contributed by atoms with Crippen LogP contribution in [-0.2, 0) is 4.79 Å². The van der Waals surface area contributed by atoms with Gasteiger partial charge >= 0.3 is 5.97 Å². The van der Waals surface area contributed by atoms with Gasteiger partial charge in [0, 0.05) is 4.48 Å². The summed E-state index contributed by atoms with van der Waals surface area (Å²) in [6.07, 6.45) is 5.46. The Balaban J connectivity index is 2.75. The van der Waals surface area contributed by atoms with Crippen molar-refractivity contribution < 1.29 is 9.90 Å². The van der Waals surface area contributed by atoms with E-state index in [-0.39, 0.29) is 0 Å². The number of aliphatic carboxylic acids is 1. The van der Waals surface area contributed by atoms with Gasteiger partial charge in [-0.1, -0.05) is 51.1 Å². The number of hydrogen-bond donors (Lipinski definition) is 1. The average molecular weight is 326 g/mol. The summed E-state index contributed by atoms with van der Waals surface area (Å²) in [4.78, 5) is 13.0. The van der Waals surface area contributed by atoms with Crippen molar-refractivity contribution in [3.05, 3.63) is 9.47 Å². The number of rotatable bonds is 3. The van der Waals surface area contributed by atoms with Gasteiger partial charge in [0.15, 0.2) is 0 Å². The molecule has 1 saturated carbocycles. The fourth-order valence-corrected chi connectivity index (χ4v) is 2.76. The fraction of sp³-hybridized carbons (Fsp3) is 0.700. The lowest BCUT2D eigenvalue weighted by Crippen LogP contribution is -2.33. The van der Waals surface area contributed by atoms with Crippen LogP contribution in [0.1, 0.15) is 38.5 Å². The maximum atomic E-state index is 11.3. The van der Waals surface area contributed by atoms with Crippen LogP contribution in [-0.4, -0.2) is 11.1 Å². The lowest BCUT2D eigenvalue weighted by molar-refractivity contribution is -0.150. The minimum atomic E-state index is -0.650. The van der Waals surface area contributed by atoms with Crippen LogP contribution in [0.2, 0.25) is 0 Å². The van der Waals surface area contributed by atoms with Crippen LogP contribution in [0.25, 0.3) is 0 Å².